The van der Waals surface area contributed by atoms with Crippen LogP contribution in [0.2, 0.25) is 0 Å². The number of fused-ring (bicyclic) bond motifs is 8. The second-order valence-corrected chi connectivity index (χ2v) is 13.5. The van der Waals surface area contributed by atoms with Crippen molar-refractivity contribution >= 4 is 38.9 Å². The van der Waals surface area contributed by atoms with Gasteiger partial charge in [0.2, 0.25) is 0 Å². The quantitative estimate of drug-likeness (QED) is 0.202. The Kier molecular flexibility index (Phi) is 5.05. The number of nitrogens with zero attached hydrogens (tertiary/aromatic N) is 2. The second kappa shape index (κ2) is 8.74. The predicted molar refractivity (Wildman–Crippen MR) is 185 cm³/mol. The van der Waals surface area contributed by atoms with Crippen LogP contribution in [-0.2, 0) is 10.8 Å². The third-order valence-electron chi connectivity index (χ3n) is 10.4. The zero-order valence-corrected chi connectivity index (χ0v) is 25.6. The molecule has 1 aliphatic heterocycles. The van der Waals surface area contributed by atoms with Crippen LogP contribution in [0.3, 0.4) is 0 Å². The minimum absolute atomic E-state index is 0.0583. The molecule has 9 rings (SSSR count). The van der Waals surface area contributed by atoms with Crippen LogP contribution < -0.4 is 4.90 Å². The summed E-state index contributed by atoms with van der Waals surface area (Å²) in [6.07, 6.45) is 0. The van der Waals surface area contributed by atoms with Gasteiger partial charge in [-0.05, 0) is 88.0 Å². The molecule has 0 saturated carbocycles. The van der Waals surface area contributed by atoms with Crippen molar-refractivity contribution in [3.63, 3.8) is 0 Å². The average Bonchev–Trinajstić information content (AvgIpc) is 3.49. The van der Waals surface area contributed by atoms with E-state index in [4.69, 9.17) is 0 Å². The van der Waals surface area contributed by atoms with E-state index in [2.05, 4.69) is 171 Å². The number of benzene rings is 6. The van der Waals surface area contributed by atoms with Gasteiger partial charge in [0.05, 0.1) is 22.4 Å². The summed E-state index contributed by atoms with van der Waals surface area (Å²) >= 11 is 0. The topological polar surface area (TPSA) is 8.17 Å². The second-order valence-electron chi connectivity index (χ2n) is 13.5. The molecule has 6 aromatic carbocycles. The first-order valence-electron chi connectivity index (χ1n) is 15.6. The van der Waals surface area contributed by atoms with Gasteiger partial charge in [-0.15, -0.1) is 0 Å². The van der Waals surface area contributed by atoms with E-state index in [0.717, 1.165) is 0 Å². The van der Waals surface area contributed by atoms with Crippen LogP contribution in [-0.4, -0.2) is 4.57 Å². The van der Waals surface area contributed by atoms with Crippen LogP contribution in [0.25, 0.3) is 38.6 Å². The van der Waals surface area contributed by atoms with Gasteiger partial charge in [-0.2, -0.15) is 0 Å². The van der Waals surface area contributed by atoms with Crippen molar-refractivity contribution in [3.8, 4) is 16.8 Å². The molecule has 2 heterocycles. The van der Waals surface area contributed by atoms with Crippen LogP contribution >= 0.6 is 0 Å². The van der Waals surface area contributed by atoms with Crippen molar-refractivity contribution in [2.45, 2.75) is 38.5 Å². The lowest BCUT2D eigenvalue weighted by atomic mass is 9.73. The van der Waals surface area contributed by atoms with Crippen molar-refractivity contribution in [2.24, 2.45) is 0 Å². The Morgan fingerprint density at radius 3 is 1.68 bits per heavy atom. The summed E-state index contributed by atoms with van der Waals surface area (Å²) in [6, 6.07) is 49.5. The molecular weight excluding hydrogens is 532 g/mol. The molecule has 0 N–H and O–H groups in total. The number of hydrogen-bond acceptors (Lipinski definition) is 1. The Labute approximate surface area is 258 Å². The summed E-state index contributed by atoms with van der Waals surface area (Å²) in [5, 5.41) is 2.56. The van der Waals surface area contributed by atoms with Gasteiger partial charge in [0.1, 0.15) is 0 Å². The van der Waals surface area contributed by atoms with Crippen LogP contribution in [0, 0.1) is 0 Å². The van der Waals surface area contributed by atoms with Crippen LogP contribution in [0.15, 0.2) is 133 Å². The minimum atomic E-state index is -0.0854. The molecule has 2 nitrogen and oxygen atoms in total. The highest BCUT2D eigenvalue weighted by atomic mass is 15.2. The predicted octanol–water partition coefficient (Wildman–Crippen LogP) is 11.2. The molecule has 0 spiro atoms. The van der Waals surface area contributed by atoms with Crippen LogP contribution in [0.4, 0.5) is 17.1 Å². The van der Waals surface area contributed by atoms with Crippen molar-refractivity contribution in [3.05, 3.63) is 156 Å². The van der Waals surface area contributed by atoms with E-state index >= 15 is 0 Å². The van der Waals surface area contributed by atoms with E-state index in [-0.39, 0.29) is 10.8 Å². The Morgan fingerprint density at radius 2 is 0.977 bits per heavy atom. The largest absolute Gasteiger partial charge is 0.310 e. The van der Waals surface area contributed by atoms with E-state index in [9.17, 15) is 0 Å². The molecule has 0 radical (unpaired) electrons. The van der Waals surface area contributed by atoms with Crippen molar-refractivity contribution in [1.82, 2.24) is 4.57 Å². The lowest BCUT2D eigenvalue weighted by Crippen LogP contribution is -2.30. The normalized spacial score (nSPS) is 15.6. The van der Waals surface area contributed by atoms with Crippen molar-refractivity contribution in [2.75, 3.05) is 4.90 Å². The number of anilines is 3. The molecule has 7 aromatic rings. The zero-order valence-electron chi connectivity index (χ0n) is 25.6. The van der Waals surface area contributed by atoms with Crippen molar-refractivity contribution < 1.29 is 0 Å². The summed E-state index contributed by atoms with van der Waals surface area (Å²) in [5.41, 5.74) is 15.4. The first-order chi connectivity index (χ1) is 21.4. The van der Waals surface area contributed by atoms with E-state index in [1.54, 1.807) is 0 Å². The molecule has 44 heavy (non-hydrogen) atoms. The first-order valence-corrected chi connectivity index (χ1v) is 15.6. The lowest BCUT2D eigenvalue weighted by Gasteiger charge is -2.42. The van der Waals surface area contributed by atoms with Gasteiger partial charge in [0.15, 0.2) is 0 Å². The zero-order chi connectivity index (χ0) is 29.8. The van der Waals surface area contributed by atoms with Gasteiger partial charge < -0.3 is 9.47 Å². The SMILES string of the molecule is CC1(C)c2ccccc2-c2cc3c4cc(N5c6ccccc6C(C)(C)c6ccccc65)ccc4n(-c4ccccc4)c3cc21. The highest BCUT2D eigenvalue weighted by Crippen LogP contribution is 2.54. The lowest BCUT2D eigenvalue weighted by molar-refractivity contribution is 0.632. The van der Waals surface area contributed by atoms with Crippen molar-refractivity contribution in [1.29, 1.82) is 0 Å². The molecule has 0 saturated heterocycles. The number of para-hydroxylation sites is 3. The third kappa shape index (κ3) is 3.26. The van der Waals surface area contributed by atoms with E-state index in [1.165, 1.54) is 77.9 Å². The molecule has 2 heteroatoms. The number of aromatic nitrogens is 1. The third-order valence-corrected chi connectivity index (χ3v) is 10.4. The number of rotatable bonds is 2. The summed E-state index contributed by atoms with van der Waals surface area (Å²) in [6.45, 7) is 9.42. The Morgan fingerprint density at radius 1 is 0.409 bits per heavy atom. The van der Waals surface area contributed by atoms with Gasteiger partial charge in [0.25, 0.3) is 0 Å². The van der Waals surface area contributed by atoms with Gasteiger partial charge in [0, 0.05) is 33.0 Å². The fraction of sp³-hybridized carbons (Fsp3) is 0.143. The molecule has 0 amide bonds. The van der Waals surface area contributed by atoms with Gasteiger partial charge >= 0.3 is 0 Å². The molecule has 1 aromatic heterocycles. The smallest absolute Gasteiger partial charge is 0.0544 e. The Bertz CT molecular complexity index is 2230. The fourth-order valence-electron chi connectivity index (χ4n) is 8.14. The Hall–Kier alpha value is -5.08. The summed E-state index contributed by atoms with van der Waals surface area (Å²) in [4.78, 5) is 2.47. The minimum Gasteiger partial charge on any atom is -0.310 e. The molecule has 0 fully saturated rings. The molecule has 1 aliphatic carbocycles. The summed E-state index contributed by atoms with van der Waals surface area (Å²) < 4.78 is 2.45. The monoisotopic (exact) mass is 566 g/mol. The van der Waals surface area contributed by atoms with Gasteiger partial charge in [-0.1, -0.05) is 107 Å². The molecule has 0 unspecified atom stereocenters. The maximum Gasteiger partial charge on any atom is 0.0544 e. The average molecular weight is 567 g/mol. The molecular formula is C42H34N2. The van der Waals surface area contributed by atoms with Crippen LogP contribution in [0.5, 0.6) is 0 Å². The molecule has 0 atom stereocenters. The maximum absolute atomic E-state index is 2.47. The Balaban J connectivity index is 1.36. The molecule has 2 aliphatic rings. The van der Waals surface area contributed by atoms with Crippen LogP contribution in [0.1, 0.15) is 49.9 Å². The highest BCUT2D eigenvalue weighted by Gasteiger charge is 2.38. The number of hydrogen-bond donors (Lipinski definition) is 0. The van der Waals surface area contributed by atoms with E-state index < -0.39 is 0 Å². The fourth-order valence-corrected chi connectivity index (χ4v) is 8.14. The van der Waals surface area contributed by atoms with E-state index in [1.807, 2.05) is 0 Å². The first kappa shape index (κ1) is 25.4. The van der Waals surface area contributed by atoms with E-state index in [0.29, 0.717) is 0 Å². The maximum atomic E-state index is 2.47. The standard InChI is InChI=1S/C42H34N2/c1-41(2)33-17-9-8-16-29(33)30-25-32-31-24-28(22-23-37(31)43(40(32)26-36(30)41)27-14-6-5-7-15-27)44-38-20-12-10-18-34(38)42(3,4)35-19-11-13-21-39(35)44/h5-26H,1-4H3. The molecule has 0 bridgehead atoms. The van der Waals surface area contributed by atoms with Gasteiger partial charge in [-0.25, -0.2) is 0 Å². The highest BCUT2D eigenvalue weighted by molar-refractivity contribution is 6.13. The summed E-state index contributed by atoms with van der Waals surface area (Å²) in [7, 11) is 0. The summed E-state index contributed by atoms with van der Waals surface area (Å²) in [5.74, 6) is 0. The molecule has 212 valence electrons. The van der Waals surface area contributed by atoms with Gasteiger partial charge in [-0.3, -0.25) is 0 Å².